The number of para-hydroxylation sites is 1. The Balaban J connectivity index is 1.34. The number of esters is 1. The van der Waals surface area contributed by atoms with Crippen molar-refractivity contribution < 1.29 is 9.53 Å². The summed E-state index contributed by atoms with van der Waals surface area (Å²) in [5.74, 6) is 0.952. The normalized spacial score (nSPS) is 14.9. The fourth-order valence-corrected chi connectivity index (χ4v) is 4.65. The first-order valence-electron chi connectivity index (χ1n) is 11.6. The second-order valence-corrected chi connectivity index (χ2v) is 8.48. The lowest BCUT2D eigenvalue weighted by molar-refractivity contribution is 0.0600. The first-order chi connectivity index (χ1) is 15.6. The van der Waals surface area contributed by atoms with E-state index in [0.29, 0.717) is 17.4 Å². The number of hydrogen-bond donors (Lipinski definition) is 0. The van der Waals surface area contributed by atoms with E-state index < -0.39 is 5.97 Å². The van der Waals surface area contributed by atoms with Crippen LogP contribution in [0.3, 0.4) is 0 Å². The van der Waals surface area contributed by atoms with Gasteiger partial charge in [0.05, 0.1) is 12.7 Å². The number of carbonyl (C=O) groups excluding carboxylic acids is 1. The van der Waals surface area contributed by atoms with Gasteiger partial charge in [-0.15, -0.1) is 0 Å². The van der Waals surface area contributed by atoms with Gasteiger partial charge in [-0.2, -0.15) is 0 Å². The van der Waals surface area contributed by atoms with Crippen LogP contribution >= 0.6 is 0 Å². The van der Waals surface area contributed by atoms with Gasteiger partial charge in [-0.1, -0.05) is 25.1 Å². The van der Waals surface area contributed by atoms with Crippen LogP contribution in [0.2, 0.25) is 0 Å². The molecule has 0 aliphatic carbocycles. The first-order valence-corrected chi connectivity index (χ1v) is 11.6. The molecule has 1 saturated heterocycles. The topological polar surface area (TPSA) is 63.5 Å². The average Bonchev–Trinajstić information content (AvgIpc) is 3.21. The Hall–Kier alpha value is -2.93. The highest BCUT2D eigenvalue weighted by atomic mass is 16.5. The lowest BCUT2D eigenvalue weighted by atomic mass is 9.96. The van der Waals surface area contributed by atoms with Crippen molar-refractivity contribution in [2.75, 3.05) is 38.2 Å². The molecule has 32 heavy (non-hydrogen) atoms. The molecule has 0 saturated carbocycles. The first kappa shape index (κ1) is 22.3. The number of aromatic nitrogens is 3. The molecular formula is C25H33N5O2. The molecule has 2 aromatic heterocycles. The lowest BCUT2D eigenvalue weighted by Crippen LogP contribution is -2.39. The molecule has 7 nitrogen and oxygen atoms in total. The van der Waals surface area contributed by atoms with Gasteiger partial charge in [-0.05, 0) is 43.9 Å². The highest BCUT2D eigenvalue weighted by Crippen LogP contribution is 2.25. The minimum absolute atomic E-state index is 0.383. The maximum Gasteiger partial charge on any atom is 0.341 e. The largest absolute Gasteiger partial charge is 0.465 e. The van der Waals surface area contributed by atoms with Crippen LogP contribution in [0.1, 0.15) is 42.6 Å². The zero-order valence-electron chi connectivity index (χ0n) is 19.3. The number of anilines is 1. The molecule has 1 aromatic carbocycles. The maximum atomic E-state index is 11.6. The Bertz CT molecular complexity index is 1040. The van der Waals surface area contributed by atoms with Gasteiger partial charge in [0.25, 0.3) is 0 Å². The number of nitrogens with zero attached hydrogens (tertiary/aromatic N) is 5. The Morgan fingerprint density at radius 2 is 1.88 bits per heavy atom. The number of carbonyl (C=O) groups is 1. The van der Waals surface area contributed by atoms with Crippen LogP contribution in [0, 0.1) is 5.92 Å². The van der Waals surface area contributed by atoms with Gasteiger partial charge in [0.15, 0.2) is 0 Å². The van der Waals surface area contributed by atoms with Crippen LogP contribution in [0.4, 0.5) is 5.95 Å². The molecule has 0 atom stereocenters. The van der Waals surface area contributed by atoms with Gasteiger partial charge in [0.2, 0.25) is 5.95 Å². The summed E-state index contributed by atoms with van der Waals surface area (Å²) in [4.78, 5) is 25.1. The van der Waals surface area contributed by atoms with Crippen molar-refractivity contribution in [1.82, 2.24) is 19.4 Å². The number of hydrogen-bond acceptors (Lipinski definition) is 6. The monoisotopic (exact) mass is 435 g/mol. The smallest absolute Gasteiger partial charge is 0.341 e. The van der Waals surface area contributed by atoms with Crippen LogP contribution in [0.25, 0.3) is 10.9 Å². The maximum absolute atomic E-state index is 11.6. The van der Waals surface area contributed by atoms with Gasteiger partial charge in [-0.25, -0.2) is 14.8 Å². The summed E-state index contributed by atoms with van der Waals surface area (Å²) in [5.41, 5.74) is 3.13. The van der Waals surface area contributed by atoms with Gasteiger partial charge < -0.3 is 14.2 Å². The fourth-order valence-electron chi connectivity index (χ4n) is 4.65. The summed E-state index contributed by atoms with van der Waals surface area (Å²) in [6.07, 6.45) is 7.66. The molecule has 170 valence electrons. The number of piperidine rings is 1. The van der Waals surface area contributed by atoms with E-state index in [1.165, 1.54) is 23.6 Å². The second-order valence-electron chi connectivity index (χ2n) is 8.48. The number of methoxy groups -OCH3 is 1. The third-order valence-electron chi connectivity index (χ3n) is 6.53. The van der Waals surface area contributed by atoms with E-state index in [1.54, 1.807) is 12.4 Å². The summed E-state index contributed by atoms with van der Waals surface area (Å²) >= 11 is 0. The molecule has 1 aliphatic heterocycles. The Morgan fingerprint density at radius 3 is 2.53 bits per heavy atom. The average molecular weight is 436 g/mol. The molecule has 1 aliphatic rings. The molecule has 0 unspecified atom stereocenters. The third-order valence-corrected chi connectivity index (χ3v) is 6.53. The van der Waals surface area contributed by atoms with Crippen molar-refractivity contribution in [3.63, 3.8) is 0 Å². The Kier molecular flexibility index (Phi) is 7.05. The molecule has 1 fully saturated rings. The fraction of sp³-hybridized carbons (Fsp3) is 0.480. The highest BCUT2D eigenvalue weighted by Gasteiger charge is 2.23. The predicted octanol–water partition coefficient (Wildman–Crippen LogP) is 3.98. The molecule has 0 bridgehead atoms. The van der Waals surface area contributed by atoms with Crippen molar-refractivity contribution in [2.24, 2.45) is 5.92 Å². The molecule has 7 heteroatoms. The van der Waals surface area contributed by atoms with E-state index >= 15 is 0 Å². The van der Waals surface area contributed by atoms with E-state index in [2.05, 4.69) is 68.6 Å². The molecule has 3 heterocycles. The number of ether oxygens (including phenoxy) is 1. The Labute approximate surface area is 190 Å². The standard InChI is InChI=1S/C25H33N5O2/c1-4-28(17-21-18-29(5-2)23-9-7-6-8-22(21)23)16-19-10-12-30(13-11-19)25-26-14-20(15-27-25)24(31)32-3/h6-9,14-15,18-19H,4-5,10-13,16-17H2,1-3H3. The van der Waals surface area contributed by atoms with Crippen molar-refractivity contribution in [2.45, 2.75) is 39.8 Å². The van der Waals surface area contributed by atoms with Gasteiger partial charge in [0.1, 0.15) is 0 Å². The number of aryl methyl sites for hydroxylation is 1. The Morgan fingerprint density at radius 1 is 1.16 bits per heavy atom. The van der Waals surface area contributed by atoms with Crippen molar-refractivity contribution in [3.05, 3.63) is 54.0 Å². The summed E-state index contributed by atoms with van der Waals surface area (Å²) in [6.45, 7) is 10.5. The summed E-state index contributed by atoms with van der Waals surface area (Å²) < 4.78 is 7.07. The summed E-state index contributed by atoms with van der Waals surface area (Å²) in [6, 6.07) is 8.72. The van der Waals surface area contributed by atoms with Crippen LogP contribution in [-0.2, 0) is 17.8 Å². The van der Waals surface area contributed by atoms with Crippen molar-refractivity contribution in [3.8, 4) is 0 Å². The lowest BCUT2D eigenvalue weighted by Gasteiger charge is -2.34. The van der Waals surface area contributed by atoms with Gasteiger partial charge in [0, 0.05) is 62.2 Å². The molecular weight excluding hydrogens is 402 g/mol. The second kappa shape index (κ2) is 10.1. The third kappa shape index (κ3) is 4.78. The number of fused-ring (bicyclic) bond motifs is 1. The van der Waals surface area contributed by atoms with E-state index in [-0.39, 0.29) is 0 Å². The minimum atomic E-state index is -0.406. The summed E-state index contributed by atoms with van der Waals surface area (Å²) in [5, 5.41) is 1.37. The quantitative estimate of drug-likeness (QED) is 0.499. The predicted molar refractivity (Wildman–Crippen MR) is 127 cm³/mol. The SMILES string of the molecule is CCN(Cc1cn(CC)c2ccccc12)CC1CCN(c2ncc(C(=O)OC)cn2)CC1. The van der Waals surface area contributed by atoms with Gasteiger partial charge >= 0.3 is 5.97 Å². The van der Waals surface area contributed by atoms with Crippen LogP contribution in [-0.4, -0.2) is 58.7 Å². The molecule has 0 spiro atoms. The number of benzene rings is 1. The molecule has 0 radical (unpaired) electrons. The van der Waals surface area contributed by atoms with Crippen LogP contribution < -0.4 is 4.90 Å². The number of rotatable bonds is 8. The van der Waals surface area contributed by atoms with E-state index in [4.69, 9.17) is 4.74 Å². The van der Waals surface area contributed by atoms with Crippen LogP contribution in [0.15, 0.2) is 42.9 Å². The van der Waals surface area contributed by atoms with Crippen molar-refractivity contribution >= 4 is 22.8 Å². The van der Waals surface area contributed by atoms with Crippen molar-refractivity contribution in [1.29, 1.82) is 0 Å². The van der Waals surface area contributed by atoms with E-state index in [1.807, 2.05) is 0 Å². The van der Waals surface area contributed by atoms with Crippen LogP contribution in [0.5, 0.6) is 0 Å². The zero-order chi connectivity index (χ0) is 22.5. The highest BCUT2D eigenvalue weighted by molar-refractivity contribution is 5.88. The zero-order valence-corrected chi connectivity index (χ0v) is 19.3. The molecule has 0 amide bonds. The van der Waals surface area contributed by atoms with Gasteiger partial charge in [-0.3, -0.25) is 4.90 Å². The van der Waals surface area contributed by atoms with E-state index in [9.17, 15) is 4.79 Å². The molecule has 0 N–H and O–H groups in total. The minimum Gasteiger partial charge on any atom is -0.465 e. The summed E-state index contributed by atoms with van der Waals surface area (Å²) in [7, 11) is 1.36. The molecule has 3 aromatic rings. The molecule has 4 rings (SSSR count). The van der Waals surface area contributed by atoms with E-state index in [0.717, 1.165) is 52.1 Å².